The van der Waals surface area contributed by atoms with E-state index in [-0.39, 0.29) is 12.2 Å². The molecule has 0 aliphatic rings. The molecule has 0 aliphatic heterocycles. The van der Waals surface area contributed by atoms with E-state index in [4.69, 9.17) is 5.11 Å². The van der Waals surface area contributed by atoms with Crippen LogP contribution in [0.5, 0.6) is 5.75 Å². The molecule has 1 rings (SSSR count). The number of halogens is 2. The van der Waals surface area contributed by atoms with Crippen molar-refractivity contribution in [2.75, 3.05) is 6.61 Å². The van der Waals surface area contributed by atoms with Gasteiger partial charge in [0.15, 0.2) is 5.75 Å². The highest BCUT2D eigenvalue weighted by Gasteiger charge is 2.18. The van der Waals surface area contributed by atoms with Crippen molar-refractivity contribution >= 4 is 5.97 Å². The summed E-state index contributed by atoms with van der Waals surface area (Å²) in [6, 6.07) is 0.844. The summed E-state index contributed by atoms with van der Waals surface area (Å²) >= 11 is 0. The van der Waals surface area contributed by atoms with Crippen molar-refractivity contribution < 1.29 is 23.4 Å². The van der Waals surface area contributed by atoms with Crippen LogP contribution in [0.2, 0.25) is 0 Å². The number of rotatable bonds is 4. The zero-order valence-electron chi connectivity index (χ0n) is 9.00. The van der Waals surface area contributed by atoms with Crippen LogP contribution in [0.4, 0.5) is 8.78 Å². The van der Waals surface area contributed by atoms with Crippen LogP contribution in [-0.2, 0) is 16.0 Å². The molecule has 0 saturated carbocycles. The Bertz CT molecular complexity index is 470. The summed E-state index contributed by atoms with van der Waals surface area (Å²) in [5, 5.41) is 9.11. The fourth-order valence-corrected chi connectivity index (χ4v) is 1.28. The number of carbonyl (C=O) groups excluding carboxylic acids is 1. The minimum atomic E-state index is -2.94. The maximum Gasteiger partial charge on any atom is 0.310 e. The molecule has 0 spiro atoms. The van der Waals surface area contributed by atoms with Gasteiger partial charge in [0.25, 0.3) is 12.0 Å². The van der Waals surface area contributed by atoms with Crippen molar-refractivity contribution in [2.45, 2.75) is 19.8 Å². The summed E-state index contributed by atoms with van der Waals surface area (Å²) < 4.78 is 29.7. The molecule has 0 bridgehead atoms. The summed E-state index contributed by atoms with van der Waals surface area (Å²) in [5.74, 6) is -1.42. The third-order valence-electron chi connectivity index (χ3n) is 2.00. The van der Waals surface area contributed by atoms with Crippen LogP contribution < -0.4 is 5.56 Å². The number of alkyl halides is 2. The van der Waals surface area contributed by atoms with Crippen LogP contribution in [0.3, 0.4) is 0 Å². The maximum atomic E-state index is 12.6. The lowest BCUT2D eigenvalue weighted by molar-refractivity contribution is -0.142. The molecule has 1 heterocycles. The number of pyridine rings is 1. The molecule has 0 amide bonds. The number of hydrogen-bond donors (Lipinski definition) is 2. The molecule has 0 aliphatic carbocycles. The molecule has 0 aromatic carbocycles. The molecule has 7 heteroatoms. The number of ether oxygens (including phenoxy) is 1. The average Bonchev–Trinajstić information content (AvgIpc) is 2.23. The standard InChI is InChI=1S/C10H11F2NO4/c1-2-17-7(15)4-5-3-6(14)10(16)13-8(5)9(11)12/h3,9,14H,2,4H2,1H3,(H,13,16). The molecule has 17 heavy (non-hydrogen) atoms. The van der Waals surface area contributed by atoms with Crippen molar-refractivity contribution in [3.63, 3.8) is 0 Å². The number of aromatic nitrogens is 1. The van der Waals surface area contributed by atoms with Gasteiger partial charge >= 0.3 is 5.97 Å². The van der Waals surface area contributed by atoms with E-state index in [9.17, 15) is 18.4 Å². The van der Waals surface area contributed by atoms with E-state index in [1.54, 1.807) is 6.92 Å². The quantitative estimate of drug-likeness (QED) is 0.781. The van der Waals surface area contributed by atoms with Gasteiger partial charge in [-0.15, -0.1) is 0 Å². The lowest BCUT2D eigenvalue weighted by Crippen LogP contribution is -2.15. The third kappa shape index (κ3) is 3.27. The molecule has 2 N–H and O–H groups in total. The number of hydrogen-bond acceptors (Lipinski definition) is 4. The molecule has 1 aromatic heterocycles. The molecule has 0 unspecified atom stereocenters. The molecule has 94 valence electrons. The Morgan fingerprint density at radius 2 is 2.24 bits per heavy atom. The van der Waals surface area contributed by atoms with Gasteiger partial charge in [-0.1, -0.05) is 0 Å². The van der Waals surface area contributed by atoms with E-state index in [1.165, 1.54) is 0 Å². The summed E-state index contributed by atoms with van der Waals surface area (Å²) in [5.41, 5.74) is -1.86. The van der Waals surface area contributed by atoms with Crippen LogP contribution in [0.25, 0.3) is 0 Å². The van der Waals surface area contributed by atoms with Gasteiger partial charge < -0.3 is 14.8 Å². The summed E-state index contributed by atoms with van der Waals surface area (Å²) in [7, 11) is 0. The largest absolute Gasteiger partial charge is 0.503 e. The van der Waals surface area contributed by atoms with E-state index < -0.39 is 35.8 Å². The fraction of sp³-hybridized carbons (Fsp3) is 0.400. The number of esters is 1. The third-order valence-corrected chi connectivity index (χ3v) is 2.00. The molecule has 1 aromatic rings. The Morgan fingerprint density at radius 1 is 1.59 bits per heavy atom. The van der Waals surface area contributed by atoms with Gasteiger partial charge in [0.2, 0.25) is 0 Å². The molecule has 5 nitrogen and oxygen atoms in total. The van der Waals surface area contributed by atoms with Gasteiger partial charge in [-0.3, -0.25) is 9.59 Å². The first-order valence-electron chi connectivity index (χ1n) is 4.84. The Kier molecular flexibility index (Phi) is 4.19. The van der Waals surface area contributed by atoms with E-state index in [0.29, 0.717) is 0 Å². The summed E-state index contributed by atoms with van der Waals surface area (Å²) in [4.78, 5) is 23.9. The first-order valence-corrected chi connectivity index (χ1v) is 4.84. The molecular formula is C10H11F2NO4. The van der Waals surface area contributed by atoms with E-state index in [2.05, 4.69) is 4.74 Å². The highest BCUT2D eigenvalue weighted by atomic mass is 19.3. The van der Waals surface area contributed by atoms with Gasteiger partial charge in [-0.2, -0.15) is 0 Å². The minimum Gasteiger partial charge on any atom is -0.503 e. The predicted octanol–water partition coefficient (Wildman–Crippen LogP) is 1.12. The van der Waals surface area contributed by atoms with Gasteiger partial charge in [-0.25, -0.2) is 8.78 Å². The average molecular weight is 247 g/mol. The second-order valence-electron chi connectivity index (χ2n) is 3.21. The highest BCUT2D eigenvalue weighted by Crippen LogP contribution is 2.22. The minimum absolute atomic E-state index is 0.123. The monoisotopic (exact) mass is 247 g/mol. The Morgan fingerprint density at radius 3 is 2.76 bits per heavy atom. The fourth-order valence-electron chi connectivity index (χ4n) is 1.28. The van der Waals surface area contributed by atoms with Crippen molar-refractivity contribution in [3.05, 3.63) is 27.7 Å². The zero-order valence-corrected chi connectivity index (χ0v) is 9.00. The Labute approximate surface area is 95.0 Å². The summed E-state index contributed by atoms with van der Waals surface area (Å²) in [6.45, 7) is 1.70. The molecule has 0 radical (unpaired) electrons. The Hall–Kier alpha value is -1.92. The van der Waals surface area contributed by atoms with Crippen molar-refractivity contribution in [1.82, 2.24) is 4.98 Å². The van der Waals surface area contributed by atoms with Gasteiger partial charge in [-0.05, 0) is 18.6 Å². The van der Waals surface area contributed by atoms with Crippen LogP contribution in [-0.4, -0.2) is 22.7 Å². The van der Waals surface area contributed by atoms with Gasteiger partial charge in [0.05, 0.1) is 18.7 Å². The number of carbonyl (C=O) groups is 1. The van der Waals surface area contributed by atoms with Crippen LogP contribution in [0, 0.1) is 0 Å². The van der Waals surface area contributed by atoms with Gasteiger partial charge in [0, 0.05) is 0 Å². The van der Waals surface area contributed by atoms with Crippen molar-refractivity contribution in [1.29, 1.82) is 0 Å². The van der Waals surface area contributed by atoms with E-state index >= 15 is 0 Å². The smallest absolute Gasteiger partial charge is 0.310 e. The molecule has 0 saturated heterocycles. The normalized spacial score (nSPS) is 10.6. The Balaban J connectivity index is 3.08. The van der Waals surface area contributed by atoms with Crippen LogP contribution in [0.15, 0.2) is 10.9 Å². The number of aromatic amines is 1. The first kappa shape index (κ1) is 13.1. The molecule has 0 fully saturated rings. The second kappa shape index (κ2) is 5.42. The lowest BCUT2D eigenvalue weighted by atomic mass is 10.1. The van der Waals surface area contributed by atoms with Crippen LogP contribution in [0.1, 0.15) is 24.6 Å². The topological polar surface area (TPSA) is 79.4 Å². The predicted molar refractivity (Wildman–Crippen MR) is 54.0 cm³/mol. The van der Waals surface area contributed by atoms with E-state index in [0.717, 1.165) is 6.07 Å². The first-order chi connectivity index (χ1) is 7.95. The summed E-state index contributed by atoms with van der Waals surface area (Å²) in [6.07, 6.45) is -3.37. The number of aromatic hydroxyl groups is 1. The van der Waals surface area contributed by atoms with Crippen molar-refractivity contribution in [2.24, 2.45) is 0 Å². The molecule has 0 atom stereocenters. The maximum absolute atomic E-state index is 12.6. The lowest BCUT2D eigenvalue weighted by Gasteiger charge is -2.08. The van der Waals surface area contributed by atoms with E-state index in [1.807, 2.05) is 4.98 Å². The van der Waals surface area contributed by atoms with Crippen molar-refractivity contribution in [3.8, 4) is 5.75 Å². The SMILES string of the molecule is CCOC(=O)Cc1cc(O)c(=O)[nH]c1C(F)F. The number of H-pyrrole nitrogens is 1. The molecular weight excluding hydrogens is 236 g/mol. The van der Waals surface area contributed by atoms with Gasteiger partial charge in [0.1, 0.15) is 0 Å². The zero-order chi connectivity index (χ0) is 13.0. The van der Waals surface area contributed by atoms with Crippen LogP contribution >= 0.6 is 0 Å². The highest BCUT2D eigenvalue weighted by molar-refractivity contribution is 5.73. The number of nitrogens with one attached hydrogen (secondary N) is 1. The second-order valence-corrected chi connectivity index (χ2v) is 3.21.